The van der Waals surface area contributed by atoms with Crippen LogP contribution in [0.5, 0.6) is 0 Å². The maximum Gasteiger partial charge on any atom is 0.231 e. The van der Waals surface area contributed by atoms with E-state index >= 15 is 0 Å². The molecule has 1 atom stereocenters. The highest BCUT2D eigenvalue weighted by atomic mass is 32.2. The Balaban J connectivity index is 2.31. The highest BCUT2D eigenvalue weighted by Crippen LogP contribution is 2.23. The van der Waals surface area contributed by atoms with Crippen molar-refractivity contribution >= 4 is 29.4 Å². The van der Waals surface area contributed by atoms with Crippen LogP contribution in [0.2, 0.25) is 0 Å². The molecule has 1 aliphatic heterocycles. The highest BCUT2D eigenvalue weighted by molar-refractivity contribution is 8.07. The molecule has 52 valence electrons. The van der Waals surface area contributed by atoms with Gasteiger partial charge in [0.05, 0.1) is 5.25 Å². The van der Waals surface area contributed by atoms with Gasteiger partial charge in [0.1, 0.15) is 0 Å². The SMILES string of the molecule is NC(=O)C1CSCCS1. The Hall–Kier alpha value is 0.170. The first kappa shape index (κ1) is 7.28. The van der Waals surface area contributed by atoms with Gasteiger partial charge < -0.3 is 5.73 Å². The van der Waals surface area contributed by atoms with Crippen LogP contribution in [-0.2, 0) is 4.79 Å². The summed E-state index contributed by atoms with van der Waals surface area (Å²) in [7, 11) is 0. The molecule has 1 aliphatic rings. The molecule has 0 aromatic rings. The molecule has 0 aromatic heterocycles. The Morgan fingerprint density at radius 2 is 2.33 bits per heavy atom. The lowest BCUT2D eigenvalue weighted by molar-refractivity contribution is -0.117. The summed E-state index contributed by atoms with van der Waals surface area (Å²) >= 11 is 3.49. The second-order valence-electron chi connectivity index (χ2n) is 1.84. The lowest BCUT2D eigenvalue weighted by Gasteiger charge is -2.16. The van der Waals surface area contributed by atoms with Crippen molar-refractivity contribution in [3.8, 4) is 0 Å². The lowest BCUT2D eigenvalue weighted by Crippen LogP contribution is -2.30. The number of nitrogens with two attached hydrogens (primary N) is 1. The third-order valence-electron chi connectivity index (χ3n) is 1.13. The minimum atomic E-state index is -0.160. The molecule has 4 heteroatoms. The van der Waals surface area contributed by atoms with Crippen LogP contribution in [0.25, 0.3) is 0 Å². The summed E-state index contributed by atoms with van der Waals surface area (Å²) in [5, 5.41) is 0.0729. The van der Waals surface area contributed by atoms with Gasteiger partial charge in [0.25, 0.3) is 0 Å². The normalized spacial score (nSPS) is 27.8. The molecule has 1 rings (SSSR count). The van der Waals surface area contributed by atoms with E-state index in [1.165, 1.54) is 0 Å². The molecule has 0 saturated carbocycles. The van der Waals surface area contributed by atoms with E-state index in [1.54, 1.807) is 11.8 Å². The summed E-state index contributed by atoms with van der Waals surface area (Å²) in [6.07, 6.45) is 0. The van der Waals surface area contributed by atoms with Crippen LogP contribution >= 0.6 is 23.5 Å². The minimum Gasteiger partial charge on any atom is -0.369 e. The van der Waals surface area contributed by atoms with E-state index in [0.29, 0.717) is 0 Å². The van der Waals surface area contributed by atoms with Crippen molar-refractivity contribution in [2.45, 2.75) is 5.25 Å². The predicted molar refractivity (Wildman–Crippen MR) is 42.8 cm³/mol. The average Bonchev–Trinajstić information content (AvgIpc) is 1.90. The van der Waals surface area contributed by atoms with Crippen molar-refractivity contribution in [2.24, 2.45) is 5.73 Å². The molecule has 9 heavy (non-hydrogen) atoms. The second kappa shape index (κ2) is 3.37. The van der Waals surface area contributed by atoms with Gasteiger partial charge in [-0.05, 0) is 0 Å². The maximum atomic E-state index is 10.5. The number of carbonyl (C=O) groups is 1. The van der Waals surface area contributed by atoms with Crippen LogP contribution < -0.4 is 5.73 Å². The van der Waals surface area contributed by atoms with Crippen LogP contribution in [0, 0.1) is 0 Å². The zero-order valence-electron chi connectivity index (χ0n) is 5.00. The summed E-state index contributed by atoms with van der Waals surface area (Å²) in [6.45, 7) is 0. The standard InChI is InChI=1S/C5H9NOS2/c6-5(7)4-3-8-1-2-9-4/h4H,1-3H2,(H2,6,7). The first-order valence-electron chi connectivity index (χ1n) is 2.79. The molecule has 1 fully saturated rings. The molecular formula is C5H9NOS2. The van der Waals surface area contributed by atoms with Gasteiger partial charge in [0.15, 0.2) is 0 Å². The first-order valence-corrected chi connectivity index (χ1v) is 4.99. The fourth-order valence-corrected chi connectivity index (χ4v) is 3.18. The van der Waals surface area contributed by atoms with Crippen molar-refractivity contribution in [1.29, 1.82) is 0 Å². The number of hydrogen-bond donors (Lipinski definition) is 1. The van der Waals surface area contributed by atoms with Crippen molar-refractivity contribution in [2.75, 3.05) is 17.3 Å². The average molecular weight is 163 g/mol. The molecule has 2 nitrogen and oxygen atoms in total. The number of rotatable bonds is 1. The number of amides is 1. The molecule has 1 amide bonds. The number of primary amides is 1. The molecule has 0 bridgehead atoms. The Morgan fingerprint density at radius 3 is 2.67 bits per heavy atom. The van der Waals surface area contributed by atoms with Crippen molar-refractivity contribution in [1.82, 2.24) is 0 Å². The third kappa shape index (κ3) is 2.10. The van der Waals surface area contributed by atoms with Gasteiger partial charge in [-0.1, -0.05) is 0 Å². The Bertz CT molecular complexity index is 112. The van der Waals surface area contributed by atoms with Crippen molar-refractivity contribution < 1.29 is 4.79 Å². The van der Waals surface area contributed by atoms with Gasteiger partial charge in [-0.3, -0.25) is 4.79 Å². The Morgan fingerprint density at radius 1 is 1.56 bits per heavy atom. The minimum absolute atomic E-state index is 0.0729. The lowest BCUT2D eigenvalue weighted by atomic mass is 10.5. The molecular weight excluding hydrogens is 154 g/mol. The summed E-state index contributed by atoms with van der Waals surface area (Å²) in [5.41, 5.74) is 5.09. The fraction of sp³-hybridized carbons (Fsp3) is 0.800. The van der Waals surface area contributed by atoms with E-state index in [0.717, 1.165) is 17.3 Å². The largest absolute Gasteiger partial charge is 0.369 e. The molecule has 1 heterocycles. The van der Waals surface area contributed by atoms with Crippen molar-refractivity contribution in [3.63, 3.8) is 0 Å². The van der Waals surface area contributed by atoms with Gasteiger partial charge in [-0.25, -0.2) is 0 Å². The van der Waals surface area contributed by atoms with Crippen LogP contribution in [0.1, 0.15) is 0 Å². The van der Waals surface area contributed by atoms with E-state index in [9.17, 15) is 4.79 Å². The topological polar surface area (TPSA) is 43.1 Å². The molecule has 0 spiro atoms. The van der Waals surface area contributed by atoms with Gasteiger partial charge in [0, 0.05) is 17.3 Å². The van der Waals surface area contributed by atoms with Crippen LogP contribution in [-0.4, -0.2) is 28.4 Å². The monoisotopic (exact) mass is 163 g/mol. The smallest absolute Gasteiger partial charge is 0.231 e. The van der Waals surface area contributed by atoms with E-state index < -0.39 is 0 Å². The Labute approximate surface area is 62.9 Å². The van der Waals surface area contributed by atoms with Gasteiger partial charge in [-0.15, -0.1) is 11.8 Å². The van der Waals surface area contributed by atoms with Crippen LogP contribution in [0.4, 0.5) is 0 Å². The molecule has 1 saturated heterocycles. The van der Waals surface area contributed by atoms with Crippen LogP contribution in [0.3, 0.4) is 0 Å². The summed E-state index contributed by atoms with van der Waals surface area (Å²) < 4.78 is 0. The summed E-state index contributed by atoms with van der Waals surface area (Å²) in [5.74, 6) is 2.97. The number of thioether (sulfide) groups is 2. The van der Waals surface area contributed by atoms with Gasteiger partial charge >= 0.3 is 0 Å². The summed E-state index contributed by atoms with van der Waals surface area (Å²) in [4.78, 5) is 10.5. The fourth-order valence-electron chi connectivity index (χ4n) is 0.652. The number of hydrogen-bond acceptors (Lipinski definition) is 3. The van der Waals surface area contributed by atoms with Crippen molar-refractivity contribution in [3.05, 3.63) is 0 Å². The molecule has 0 radical (unpaired) electrons. The zero-order chi connectivity index (χ0) is 6.69. The van der Waals surface area contributed by atoms with E-state index in [1.807, 2.05) is 11.8 Å². The zero-order valence-corrected chi connectivity index (χ0v) is 6.63. The third-order valence-corrected chi connectivity index (χ3v) is 3.91. The number of carbonyl (C=O) groups excluding carboxylic acids is 1. The highest BCUT2D eigenvalue weighted by Gasteiger charge is 2.18. The summed E-state index contributed by atoms with van der Waals surface area (Å²) in [6, 6.07) is 0. The van der Waals surface area contributed by atoms with E-state index in [-0.39, 0.29) is 11.2 Å². The molecule has 0 aromatic carbocycles. The molecule has 2 N–H and O–H groups in total. The van der Waals surface area contributed by atoms with E-state index in [2.05, 4.69) is 0 Å². The maximum absolute atomic E-state index is 10.5. The van der Waals surface area contributed by atoms with E-state index in [4.69, 9.17) is 5.73 Å². The molecule has 0 aliphatic carbocycles. The van der Waals surface area contributed by atoms with Gasteiger partial charge in [-0.2, -0.15) is 11.8 Å². The second-order valence-corrected chi connectivity index (χ2v) is 4.30. The van der Waals surface area contributed by atoms with Gasteiger partial charge in [0.2, 0.25) is 5.91 Å². The predicted octanol–water partition coefficient (Wildman–Crippen LogP) is 0.320. The Kier molecular flexibility index (Phi) is 2.72. The molecule has 1 unspecified atom stereocenters. The quantitative estimate of drug-likeness (QED) is 0.605. The first-order chi connectivity index (χ1) is 4.30. The van der Waals surface area contributed by atoms with Crippen LogP contribution in [0.15, 0.2) is 0 Å².